The molecule has 172 valence electrons. The molecule has 4 heterocycles. The normalized spacial score (nSPS) is 11.9. The first-order valence-electron chi connectivity index (χ1n) is 10.1. The van der Waals surface area contributed by atoms with E-state index in [2.05, 4.69) is 19.9 Å². The summed E-state index contributed by atoms with van der Waals surface area (Å²) in [5.41, 5.74) is 2.06. The Balaban J connectivity index is 1.47. The average molecular weight is 468 g/mol. The van der Waals surface area contributed by atoms with Crippen molar-refractivity contribution in [3.63, 3.8) is 0 Å². The van der Waals surface area contributed by atoms with E-state index in [0.29, 0.717) is 27.9 Å². The number of aryl methyl sites for hydroxylation is 1. The maximum Gasteiger partial charge on any atom is 0.434 e. The van der Waals surface area contributed by atoms with Gasteiger partial charge >= 0.3 is 11.9 Å². The van der Waals surface area contributed by atoms with Gasteiger partial charge in [0.15, 0.2) is 5.69 Å². The number of aromatic nitrogens is 6. The lowest BCUT2D eigenvalue weighted by molar-refractivity contribution is -0.140. The Labute approximate surface area is 189 Å². The van der Waals surface area contributed by atoms with Gasteiger partial charge in [-0.15, -0.1) is 0 Å². The fourth-order valence-corrected chi connectivity index (χ4v) is 3.75. The third-order valence-corrected chi connectivity index (χ3v) is 5.40. The predicted molar refractivity (Wildman–Crippen MR) is 116 cm³/mol. The zero-order chi connectivity index (χ0) is 24.0. The third-order valence-electron chi connectivity index (χ3n) is 5.40. The van der Waals surface area contributed by atoms with Crippen LogP contribution < -0.4 is 5.69 Å². The number of aromatic amines is 1. The molecule has 0 aliphatic rings. The Hall–Kier alpha value is -4.28. The zero-order valence-electron chi connectivity index (χ0n) is 17.6. The van der Waals surface area contributed by atoms with Gasteiger partial charge in [-0.3, -0.25) is 9.55 Å². The first-order valence-corrected chi connectivity index (χ1v) is 10.1. The molecule has 0 radical (unpaired) electrons. The van der Waals surface area contributed by atoms with Crippen LogP contribution >= 0.6 is 0 Å². The maximum atomic E-state index is 13.5. The third kappa shape index (κ3) is 3.96. The highest BCUT2D eigenvalue weighted by atomic mass is 19.4. The molecule has 4 aromatic heterocycles. The zero-order valence-corrected chi connectivity index (χ0v) is 17.6. The smallest absolute Gasteiger partial charge is 0.333 e. The molecule has 0 aliphatic carbocycles. The minimum absolute atomic E-state index is 0.184. The van der Waals surface area contributed by atoms with Crippen molar-refractivity contribution in [3.05, 3.63) is 88.7 Å². The number of rotatable bonds is 4. The van der Waals surface area contributed by atoms with Gasteiger partial charge < -0.3 is 9.55 Å². The molecule has 0 bridgehead atoms. The van der Waals surface area contributed by atoms with Gasteiger partial charge in [0.2, 0.25) is 5.95 Å². The molecule has 0 aliphatic heterocycles. The molecular weight excluding hydrogens is 452 g/mol. The van der Waals surface area contributed by atoms with Crippen LogP contribution in [0.5, 0.6) is 0 Å². The van der Waals surface area contributed by atoms with Gasteiger partial charge in [-0.25, -0.2) is 14.8 Å². The van der Waals surface area contributed by atoms with E-state index >= 15 is 0 Å². The number of benzene rings is 1. The van der Waals surface area contributed by atoms with Gasteiger partial charge in [-0.05, 0) is 17.7 Å². The highest BCUT2D eigenvalue weighted by molar-refractivity contribution is 5.79. The van der Waals surface area contributed by atoms with Crippen LogP contribution in [-0.2, 0) is 19.8 Å². The molecule has 0 spiro atoms. The monoisotopic (exact) mass is 468 g/mol. The summed E-state index contributed by atoms with van der Waals surface area (Å²) in [5, 5.41) is 0. The number of nitrogens with one attached hydrogen (secondary N) is 1. The fourth-order valence-electron chi connectivity index (χ4n) is 3.75. The number of H-pyrrole nitrogens is 1. The van der Waals surface area contributed by atoms with Gasteiger partial charge in [0.25, 0.3) is 0 Å². The van der Waals surface area contributed by atoms with Crippen molar-refractivity contribution in [3.8, 4) is 22.6 Å². The van der Waals surface area contributed by atoms with E-state index in [4.69, 9.17) is 0 Å². The number of alkyl halides is 3. The summed E-state index contributed by atoms with van der Waals surface area (Å²) in [7, 11) is 1.50. The van der Waals surface area contributed by atoms with Gasteiger partial charge in [-0.1, -0.05) is 24.3 Å². The minimum Gasteiger partial charge on any atom is -0.333 e. The Morgan fingerprint density at radius 3 is 2.47 bits per heavy atom. The molecule has 5 aromatic rings. The van der Waals surface area contributed by atoms with E-state index in [1.807, 2.05) is 0 Å². The summed E-state index contributed by atoms with van der Waals surface area (Å²) in [4.78, 5) is 26.8. The molecule has 0 atom stereocenters. The Morgan fingerprint density at radius 1 is 1.03 bits per heavy atom. The van der Waals surface area contributed by atoms with Crippen LogP contribution in [0.2, 0.25) is 0 Å². The van der Waals surface area contributed by atoms with E-state index in [-0.39, 0.29) is 18.1 Å². The summed E-state index contributed by atoms with van der Waals surface area (Å²) in [5.74, 6) is -0.454. The van der Waals surface area contributed by atoms with Crippen LogP contribution in [0, 0.1) is 5.95 Å². The lowest BCUT2D eigenvalue weighted by atomic mass is 10.1. The van der Waals surface area contributed by atoms with Crippen molar-refractivity contribution in [2.75, 3.05) is 0 Å². The molecule has 34 heavy (non-hydrogen) atoms. The second kappa shape index (κ2) is 7.94. The van der Waals surface area contributed by atoms with Gasteiger partial charge in [0.1, 0.15) is 5.82 Å². The van der Waals surface area contributed by atoms with E-state index < -0.39 is 17.8 Å². The molecule has 1 N–H and O–H groups in total. The van der Waals surface area contributed by atoms with E-state index in [1.54, 1.807) is 36.4 Å². The average Bonchev–Trinajstić information content (AvgIpc) is 3.34. The molecule has 0 fully saturated rings. The van der Waals surface area contributed by atoms with Crippen LogP contribution in [0.4, 0.5) is 17.6 Å². The van der Waals surface area contributed by atoms with Gasteiger partial charge in [0.05, 0.1) is 29.5 Å². The number of pyridine rings is 2. The maximum absolute atomic E-state index is 13.5. The van der Waals surface area contributed by atoms with Crippen molar-refractivity contribution in [2.45, 2.75) is 12.7 Å². The number of hydrogen-bond acceptors (Lipinski definition) is 4. The van der Waals surface area contributed by atoms with Gasteiger partial charge in [-0.2, -0.15) is 17.6 Å². The van der Waals surface area contributed by atoms with E-state index in [9.17, 15) is 22.4 Å². The summed E-state index contributed by atoms with van der Waals surface area (Å²) >= 11 is 0. The standard InChI is InChI=1S/C23H16F4N6O/c1-32-12-19(23(25,26)27)31-21(32)14-4-2-13(3-5-14)11-33-18-9-16(15-6-7-28-20(24)8-15)29-10-17(18)30-22(33)34/h2-10,12H,11H2,1H3,(H,30,34). The summed E-state index contributed by atoms with van der Waals surface area (Å²) in [6.45, 7) is 0.210. The van der Waals surface area contributed by atoms with Crippen LogP contribution in [0.3, 0.4) is 0 Å². The fraction of sp³-hybridized carbons (Fsp3) is 0.130. The SMILES string of the molecule is Cn1cc(C(F)(F)F)nc1-c1ccc(Cn2c(=O)[nH]c3cnc(-c4ccnc(F)c4)cc32)cc1. The Kier molecular flexibility index (Phi) is 5.03. The lowest BCUT2D eigenvalue weighted by Gasteiger charge is -2.07. The summed E-state index contributed by atoms with van der Waals surface area (Å²) < 4.78 is 55.2. The number of halogens is 4. The second-order valence-electron chi connectivity index (χ2n) is 7.73. The van der Waals surface area contributed by atoms with E-state index in [0.717, 1.165) is 11.8 Å². The largest absolute Gasteiger partial charge is 0.434 e. The minimum atomic E-state index is -4.53. The summed E-state index contributed by atoms with van der Waals surface area (Å²) in [6, 6.07) is 11.3. The van der Waals surface area contributed by atoms with Crippen LogP contribution in [0.25, 0.3) is 33.7 Å². The first-order chi connectivity index (χ1) is 16.2. The van der Waals surface area contributed by atoms with Crippen molar-refractivity contribution < 1.29 is 17.6 Å². The molecule has 5 rings (SSSR count). The number of imidazole rings is 2. The molecule has 0 saturated heterocycles. The second-order valence-corrected chi connectivity index (χ2v) is 7.73. The molecular formula is C23H16F4N6O. The summed E-state index contributed by atoms with van der Waals surface area (Å²) in [6.07, 6.45) is -0.748. The number of nitrogens with zero attached hydrogens (tertiary/aromatic N) is 5. The number of hydrogen-bond donors (Lipinski definition) is 1. The topological polar surface area (TPSA) is 81.4 Å². The van der Waals surface area contributed by atoms with Crippen LogP contribution in [-0.4, -0.2) is 29.1 Å². The highest BCUT2D eigenvalue weighted by Gasteiger charge is 2.34. The van der Waals surface area contributed by atoms with Crippen molar-refractivity contribution in [1.82, 2.24) is 29.1 Å². The molecule has 0 amide bonds. The Bertz CT molecular complexity index is 1560. The highest BCUT2D eigenvalue weighted by Crippen LogP contribution is 2.30. The van der Waals surface area contributed by atoms with Crippen molar-refractivity contribution >= 4 is 11.0 Å². The Morgan fingerprint density at radius 2 is 1.79 bits per heavy atom. The molecule has 1 aromatic carbocycles. The van der Waals surface area contributed by atoms with Crippen molar-refractivity contribution in [1.29, 1.82) is 0 Å². The van der Waals surface area contributed by atoms with Crippen molar-refractivity contribution in [2.24, 2.45) is 7.05 Å². The predicted octanol–water partition coefficient (Wildman–Crippen LogP) is 4.39. The van der Waals surface area contributed by atoms with Crippen LogP contribution in [0.15, 0.2) is 65.8 Å². The molecule has 11 heteroatoms. The molecule has 0 unspecified atom stereocenters. The number of fused-ring (bicyclic) bond motifs is 1. The lowest BCUT2D eigenvalue weighted by Crippen LogP contribution is -2.17. The quantitative estimate of drug-likeness (QED) is 0.313. The van der Waals surface area contributed by atoms with Gasteiger partial charge in [0, 0.05) is 36.6 Å². The molecule has 7 nitrogen and oxygen atoms in total. The molecule has 0 saturated carbocycles. The first kappa shape index (κ1) is 21.6. The van der Waals surface area contributed by atoms with Crippen LogP contribution in [0.1, 0.15) is 11.3 Å². The van der Waals surface area contributed by atoms with E-state index in [1.165, 1.54) is 34.6 Å².